The van der Waals surface area contributed by atoms with Crippen LogP contribution < -0.4 is 10.1 Å². The number of amides is 2. The number of hydrogen-bond donors (Lipinski definition) is 2. The van der Waals surface area contributed by atoms with Gasteiger partial charge in [-0.05, 0) is 17.7 Å². The summed E-state index contributed by atoms with van der Waals surface area (Å²) in [6.07, 6.45) is 0.580. The number of carboxylic acids is 1. The molecule has 2 rings (SSSR count). The van der Waals surface area contributed by atoms with E-state index in [0.29, 0.717) is 11.6 Å². The molecule has 9 heteroatoms. The van der Waals surface area contributed by atoms with Crippen molar-refractivity contribution in [3.05, 3.63) is 34.8 Å². The van der Waals surface area contributed by atoms with E-state index in [-0.39, 0.29) is 6.54 Å². The fourth-order valence-corrected chi connectivity index (χ4v) is 2.85. The second-order valence-corrected chi connectivity index (χ2v) is 6.64. The van der Waals surface area contributed by atoms with Crippen LogP contribution in [0.1, 0.15) is 17.5 Å². The highest BCUT2D eigenvalue weighted by Crippen LogP contribution is 2.21. The number of benzene rings is 1. The lowest BCUT2D eigenvalue weighted by atomic mass is 10.1. The van der Waals surface area contributed by atoms with Crippen LogP contribution in [0, 0.1) is 5.92 Å². The van der Waals surface area contributed by atoms with Crippen molar-refractivity contribution in [1.82, 2.24) is 15.1 Å². The first-order valence-corrected chi connectivity index (χ1v) is 8.41. The summed E-state index contributed by atoms with van der Waals surface area (Å²) in [7, 11) is 3.15. The molecule has 0 aliphatic carbocycles. The first-order valence-electron chi connectivity index (χ1n) is 7.59. The van der Waals surface area contributed by atoms with Crippen molar-refractivity contribution in [3.63, 3.8) is 0 Å². The van der Waals surface area contributed by atoms with Gasteiger partial charge in [-0.3, -0.25) is 10.1 Å². The van der Waals surface area contributed by atoms with Crippen molar-refractivity contribution in [3.8, 4) is 5.75 Å². The predicted molar refractivity (Wildman–Crippen MR) is 94.2 cm³/mol. The number of ether oxygens (including phenoxy) is 1. The van der Waals surface area contributed by atoms with Gasteiger partial charge < -0.3 is 14.7 Å². The molecule has 134 valence electrons. The first kappa shape index (κ1) is 18.7. The second kappa shape index (κ2) is 8.43. The Kier molecular flexibility index (Phi) is 6.29. The van der Waals surface area contributed by atoms with Gasteiger partial charge in [-0.2, -0.15) is 0 Å². The number of anilines is 1. The van der Waals surface area contributed by atoms with Crippen molar-refractivity contribution in [2.45, 2.75) is 13.3 Å². The average Bonchev–Trinajstić information content (AvgIpc) is 3.01. The summed E-state index contributed by atoms with van der Waals surface area (Å²) in [5.41, 5.74) is 1.03. The molecule has 0 bridgehead atoms. The van der Waals surface area contributed by atoms with E-state index in [1.807, 2.05) is 24.3 Å². The predicted octanol–water partition coefficient (Wildman–Crippen LogP) is 2.32. The van der Waals surface area contributed by atoms with Crippen LogP contribution in [0.25, 0.3) is 0 Å². The molecule has 0 saturated carbocycles. The average molecular weight is 364 g/mol. The van der Waals surface area contributed by atoms with E-state index in [9.17, 15) is 9.59 Å². The van der Waals surface area contributed by atoms with Gasteiger partial charge in [0, 0.05) is 20.0 Å². The van der Waals surface area contributed by atoms with Crippen LogP contribution >= 0.6 is 11.3 Å². The number of nitrogens with one attached hydrogen (secondary N) is 1. The molecule has 1 atom stereocenters. The van der Waals surface area contributed by atoms with Crippen LogP contribution in [0.3, 0.4) is 0 Å². The fourth-order valence-electron chi connectivity index (χ4n) is 2.09. The van der Waals surface area contributed by atoms with E-state index >= 15 is 0 Å². The SMILES string of the molecule is COc1cccc(Cc2nnc(NC(=O)N(C)CC(C)C(=O)O)s2)c1. The Bertz CT molecular complexity index is 749. The maximum Gasteiger partial charge on any atom is 0.323 e. The van der Waals surface area contributed by atoms with Gasteiger partial charge in [0.1, 0.15) is 10.8 Å². The van der Waals surface area contributed by atoms with E-state index in [1.54, 1.807) is 14.0 Å². The summed E-state index contributed by atoms with van der Waals surface area (Å²) >= 11 is 1.27. The number of carbonyl (C=O) groups excluding carboxylic acids is 1. The van der Waals surface area contributed by atoms with Crippen LogP contribution in [0.2, 0.25) is 0 Å². The quantitative estimate of drug-likeness (QED) is 0.781. The highest BCUT2D eigenvalue weighted by atomic mass is 32.1. The smallest absolute Gasteiger partial charge is 0.323 e. The molecular weight excluding hydrogens is 344 g/mol. The molecule has 1 aromatic carbocycles. The molecule has 0 saturated heterocycles. The Balaban J connectivity index is 1.94. The van der Waals surface area contributed by atoms with E-state index in [0.717, 1.165) is 16.3 Å². The number of carbonyl (C=O) groups is 2. The minimum Gasteiger partial charge on any atom is -0.497 e. The number of nitrogens with zero attached hydrogens (tertiary/aromatic N) is 3. The molecular formula is C16H20N4O4S. The van der Waals surface area contributed by atoms with Gasteiger partial charge >= 0.3 is 12.0 Å². The van der Waals surface area contributed by atoms with E-state index in [4.69, 9.17) is 9.84 Å². The van der Waals surface area contributed by atoms with Crippen molar-refractivity contribution in [1.29, 1.82) is 0 Å². The van der Waals surface area contributed by atoms with Gasteiger partial charge in [-0.15, -0.1) is 10.2 Å². The number of methoxy groups -OCH3 is 1. The van der Waals surface area contributed by atoms with Gasteiger partial charge in [-0.25, -0.2) is 4.79 Å². The van der Waals surface area contributed by atoms with E-state index < -0.39 is 17.9 Å². The van der Waals surface area contributed by atoms with Gasteiger partial charge in [-0.1, -0.05) is 30.4 Å². The van der Waals surface area contributed by atoms with Crippen LogP contribution in [-0.4, -0.2) is 52.9 Å². The highest BCUT2D eigenvalue weighted by molar-refractivity contribution is 7.15. The third-order valence-electron chi connectivity index (χ3n) is 3.49. The number of urea groups is 1. The van der Waals surface area contributed by atoms with Gasteiger partial charge in [0.15, 0.2) is 0 Å². The maximum absolute atomic E-state index is 12.1. The first-order chi connectivity index (χ1) is 11.9. The maximum atomic E-state index is 12.1. The molecule has 1 unspecified atom stereocenters. The number of hydrogen-bond acceptors (Lipinski definition) is 6. The molecule has 1 aromatic heterocycles. The van der Waals surface area contributed by atoms with Gasteiger partial charge in [0.25, 0.3) is 0 Å². The number of rotatable bonds is 7. The summed E-state index contributed by atoms with van der Waals surface area (Å²) in [6, 6.07) is 7.22. The summed E-state index contributed by atoms with van der Waals surface area (Å²) < 4.78 is 5.19. The monoisotopic (exact) mass is 364 g/mol. The third kappa shape index (κ3) is 5.42. The lowest BCUT2D eigenvalue weighted by Gasteiger charge is -2.18. The molecule has 2 amide bonds. The Morgan fingerprint density at radius 1 is 1.40 bits per heavy atom. The number of aliphatic carboxylic acids is 1. The second-order valence-electron chi connectivity index (χ2n) is 5.58. The Morgan fingerprint density at radius 3 is 2.84 bits per heavy atom. The zero-order chi connectivity index (χ0) is 18.4. The molecule has 0 fully saturated rings. The van der Waals surface area contributed by atoms with Crippen molar-refractivity contribution >= 4 is 28.5 Å². The van der Waals surface area contributed by atoms with Crippen molar-refractivity contribution in [2.75, 3.05) is 26.0 Å². The largest absolute Gasteiger partial charge is 0.497 e. The minimum atomic E-state index is -0.948. The highest BCUT2D eigenvalue weighted by Gasteiger charge is 2.18. The lowest BCUT2D eigenvalue weighted by molar-refractivity contribution is -0.141. The summed E-state index contributed by atoms with van der Waals surface area (Å²) in [6.45, 7) is 1.65. The van der Waals surface area contributed by atoms with Crippen LogP contribution in [-0.2, 0) is 11.2 Å². The summed E-state index contributed by atoms with van der Waals surface area (Å²) in [5, 5.41) is 20.7. The molecule has 25 heavy (non-hydrogen) atoms. The topological polar surface area (TPSA) is 105 Å². The Hall–Kier alpha value is -2.68. The fraction of sp³-hybridized carbons (Fsp3) is 0.375. The summed E-state index contributed by atoms with van der Waals surface area (Å²) in [4.78, 5) is 24.2. The summed E-state index contributed by atoms with van der Waals surface area (Å²) in [5.74, 6) is -0.824. The molecule has 1 heterocycles. The zero-order valence-corrected chi connectivity index (χ0v) is 15.0. The Morgan fingerprint density at radius 2 is 2.16 bits per heavy atom. The standard InChI is InChI=1S/C16H20N4O4S/c1-10(14(21)22)9-20(2)16(23)17-15-19-18-13(25-15)8-11-5-4-6-12(7-11)24-3/h4-7,10H,8-9H2,1-3H3,(H,21,22)(H,17,19,23). The molecule has 2 N–H and O–H groups in total. The van der Waals surface area contributed by atoms with Gasteiger partial charge in [0.05, 0.1) is 13.0 Å². The molecule has 0 spiro atoms. The molecule has 0 aliphatic rings. The lowest BCUT2D eigenvalue weighted by Crippen LogP contribution is -2.36. The third-order valence-corrected chi connectivity index (χ3v) is 4.32. The van der Waals surface area contributed by atoms with Gasteiger partial charge in [0.2, 0.25) is 5.13 Å². The molecule has 0 aliphatic heterocycles. The van der Waals surface area contributed by atoms with Crippen LogP contribution in [0.4, 0.5) is 9.93 Å². The van der Waals surface area contributed by atoms with Crippen LogP contribution in [0.5, 0.6) is 5.75 Å². The Labute approximate surface area is 149 Å². The minimum absolute atomic E-state index is 0.108. The number of aromatic nitrogens is 2. The number of carboxylic acid groups (broad SMARTS) is 1. The normalized spacial score (nSPS) is 11.6. The zero-order valence-electron chi connectivity index (χ0n) is 14.2. The molecule has 8 nitrogen and oxygen atoms in total. The van der Waals surface area contributed by atoms with Crippen molar-refractivity contribution in [2.24, 2.45) is 5.92 Å². The molecule has 2 aromatic rings. The molecule has 0 radical (unpaired) electrons. The van der Waals surface area contributed by atoms with Crippen LogP contribution in [0.15, 0.2) is 24.3 Å². The van der Waals surface area contributed by atoms with E-state index in [2.05, 4.69) is 15.5 Å². The van der Waals surface area contributed by atoms with E-state index in [1.165, 1.54) is 23.3 Å². The van der Waals surface area contributed by atoms with Crippen molar-refractivity contribution < 1.29 is 19.4 Å².